The smallest absolute Gasteiger partial charge is 0.269 e. The van der Waals surface area contributed by atoms with E-state index in [-0.39, 0.29) is 23.5 Å². The van der Waals surface area contributed by atoms with Crippen molar-refractivity contribution in [2.75, 3.05) is 26.3 Å². The van der Waals surface area contributed by atoms with E-state index in [0.29, 0.717) is 28.8 Å². The summed E-state index contributed by atoms with van der Waals surface area (Å²) in [5.74, 6) is -1.26. The summed E-state index contributed by atoms with van der Waals surface area (Å²) in [5.41, 5.74) is 5.14. The summed E-state index contributed by atoms with van der Waals surface area (Å²) in [4.78, 5) is 24.3. The summed E-state index contributed by atoms with van der Waals surface area (Å²) in [6.45, 7) is 1.14. The van der Waals surface area contributed by atoms with Crippen molar-refractivity contribution in [2.24, 2.45) is 0 Å². The quantitative estimate of drug-likeness (QED) is 0.501. The van der Waals surface area contributed by atoms with Crippen LogP contribution in [0.4, 0.5) is 0 Å². The van der Waals surface area contributed by atoms with Crippen LogP contribution in [0.3, 0.4) is 0 Å². The molecule has 8 nitrogen and oxygen atoms in total. The van der Waals surface area contributed by atoms with Gasteiger partial charge in [0, 0.05) is 34.8 Å². The minimum absolute atomic E-state index is 0.00865. The van der Waals surface area contributed by atoms with Crippen LogP contribution in [-0.4, -0.2) is 50.8 Å². The van der Waals surface area contributed by atoms with E-state index in [1.54, 1.807) is 18.2 Å². The molecule has 2 aromatic rings. The molecular formula is C20H19Cl2N3O5S. The lowest BCUT2D eigenvalue weighted by atomic mass is 10.2. The highest BCUT2D eigenvalue weighted by molar-refractivity contribution is 7.89. The van der Waals surface area contributed by atoms with Gasteiger partial charge in [-0.15, -0.1) is 0 Å². The largest absolute Gasteiger partial charge is 0.379 e. The van der Waals surface area contributed by atoms with E-state index in [0.717, 1.165) is 0 Å². The molecule has 0 unspecified atom stereocenters. The molecule has 0 atom stereocenters. The molecule has 11 heteroatoms. The number of morpholine rings is 1. The molecule has 2 N–H and O–H groups in total. The Morgan fingerprint density at radius 3 is 2.48 bits per heavy atom. The van der Waals surface area contributed by atoms with Crippen molar-refractivity contribution in [3.8, 4) is 0 Å². The van der Waals surface area contributed by atoms with Gasteiger partial charge in [0.05, 0.1) is 18.1 Å². The van der Waals surface area contributed by atoms with E-state index in [1.165, 1.54) is 40.7 Å². The predicted octanol–water partition coefficient (Wildman–Crippen LogP) is 2.49. The topological polar surface area (TPSA) is 105 Å². The van der Waals surface area contributed by atoms with Gasteiger partial charge >= 0.3 is 0 Å². The van der Waals surface area contributed by atoms with E-state index >= 15 is 0 Å². The van der Waals surface area contributed by atoms with Crippen LogP contribution in [0.25, 0.3) is 6.08 Å². The lowest BCUT2D eigenvalue weighted by molar-refractivity contribution is -0.117. The Kier molecular flexibility index (Phi) is 7.69. The third-order valence-corrected chi connectivity index (χ3v) is 6.84. The van der Waals surface area contributed by atoms with Crippen molar-refractivity contribution in [1.29, 1.82) is 0 Å². The normalized spacial score (nSPS) is 15.0. The number of rotatable bonds is 5. The van der Waals surface area contributed by atoms with Gasteiger partial charge in [-0.2, -0.15) is 4.31 Å². The number of benzene rings is 2. The molecule has 0 aromatic heterocycles. The van der Waals surface area contributed by atoms with Crippen LogP contribution in [0.5, 0.6) is 0 Å². The van der Waals surface area contributed by atoms with Crippen molar-refractivity contribution >= 4 is 51.1 Å². The third-order valence-electron chi connectivity index (χ3n) is 4.38. The summed E-state index contributed by atoms with van der Waals surface area (Å²) in [5, 5.41) is 0.843. The monoisotopic (exact) mass is 483 g/mol. The van der Waals surface area contributed by atoms with E-state index < -0.39 is 21.8 Å². The van der Waals surface area contributed by atoms with Crippen molar-refractivity contribution in [3.05, 3.63) is 69.7 Å². The Labute approximate surface area is 189 Å². The molecule has 1 fully saturated rings. The molecular weight excluding hydrogens is 465 g/mol. The fourth-order valence-electron chi connectivity index (χ4n) is 2.77. The Bertz CT molecular complexity index is 1120. The second-order valence-corrected chi connectivity index (χ2v) is 9.27. The maximum absolute atomic E-state index is 12.7. The number of hydrogen-bond donors (Lipinski definition) is 2. The number of amides is 2. The molecule has 1 aliphatic rings. The Morgan fingerprint density at radius 1 is 1.03 bits per heavy atom. The van der Waals surface area contributed by atoms with Gasteiger partial charge in [0.25, 0.3) is 11.8 Å². The fraction of sp³-hybridized carbons (Fsp3) is 0.200. The molecule has 1 saturated heterocycles. The maximum Gasteiger partial charge on any atom is 0.269 e. The zero-order chi connectivity index (χ0) is 22.4. The van der Waals surface area contributed by atoms with Crippen LogP contribution in [0.15, 0.2) is 53.4 Å². The summed E-state index contributed by atoms with van der Waals surface area (Å²) in [6.07, 6.45) is 2.66. The number of carbonyl (C=O) groups excluding carboxylic acids is 2. The molecule has 2 aromatic carbocycles. The first-order valence-corrected chi connectivity index (χ1v) is 11.4. The first-order valence-electron chi connectivity index (χ1n) is 9.19. The first-order chi connectivity index (χ1) is 14.8. The Balaban J connectivity index is 1.62. The van der Waals surface area contributed by atoms with Gasteiger partial charge in [0.1, 0.15) is 0 Å². The van der Waals surface area contributed by atoms with Crippen LogP contribution in [0.2, 0.25) is 10.0 Å². The number of ether oxygens (including phenoxy) is 1. The highest BCUT2D eigenvalue weighted by Gasteiger charge is 2.26. The average Bonchev–Trinajstić information content (AvgIpc) is 2.77. The number of hydrogen-bond acceptors (Lipinski definition) is 5. The zero-order valence-electron chi connectivity index (χ0n) is 16.2. The molecule has 1 heterocycles. The Morgan fingerprint density at radius 2 is 1.77 bits per heavy atom. The molecule has 0 saturated carbocycles. The minimum atomic E-state index is -3.74. The second kappa shape index (κ2) is 10.3. The summed E-state index contributed by atoms with van der Waals surface area (Å²) in [6, 6.07) is 10.4. The van der Waals surface area contributed by atoms with Gasteiger partial charge < -0.3 is 4.74 Å². The van der Waals surface area contributed by atoms with Crippen LogP contribution < -0.4 is 10.9 Å². The van der Waals surface area contributed by atoms with Crippen LogP contribution >= 0.6 is 23.2 Å². The summed E-state index contributed by atoms with van der Waals surface area (Å²) >= 11 is 11.9. The molecule has 0 radical (unpaired) electrons. The average molecular weight is 484 g/mol. The Hall–Kier alpha value is -2.43. The van der Waals surface area contributed by atoms with Gasteiger partial charge in [0.15, 0.2) is 0 Å². The van der Waals surface area contributed by atoms with Gasteiger partial charge in [-0.05, 0) is 42.0 Å². The van der Waals surface area contributed by atoms with Gasteiger partial charge in [-0.1, -0.05) is 35.3 Å². The molecule has 0 spiro atoms. The lowest BCUT2D eigenvalue weighted by Gasteiger charge is -2.26. The van der Waals surface area contributed by atoms with Crippen molar-refractivity contribution in [3.63, 3.8) is 0 Å². The zero-order valence-corrected chi connectivity index (χ0v) is 18.5. The maximum atomic E-state index is 12.7. The SMILES string of the molecule is O=C(/C=C/c1ccc(Cl)cc1Cl)NNC(=O)c1cccc(S(=O)(=O)N2CCOCC2)c1. The standard InChI is InChI=1S/C20H19Cl2N3O5S/c21-16-6-4-14(18(22)13-16)5-7-19(26)23-24-20(27)15-2-1-3-17(12-15)31(28,29)25-8-10-30-11-9-25/h1-7,12-13H,8-11H2,(H,23,26)(H,24,27)/b7-5+. The lowest BCUT2D eigenvalue weighted by Crippen LogP contribution is -2.41. The van der Waals surface area contributed by atoms with E-state index in [2.05, 4.69) is 10.9 Å². The summed E-state index contributed by atoms with van der Waals surface area (Å²) < 4.78 is 32.0. The number of nitrogens with one attached hydrogen (secondary N) is 2. The molecule has 3 rings (SSSR count). The molecule has 0 bridgehead atoms. The van der Waals surface area contributed by atoms with E-state index in [1.807, 2.05) is 0 Å². The van der Waals surface area contributed by atoms with Gasteiger partial charge in [-0.25, -0.2) is 8.42 Å². The molecule has 0 aliphatic carbocycles. The minimum Gasteiger partial charge on any atom is -0.379 e. The molecule has 31 heavy (non-hydrogen) atoms. The number of sulfonamides is 1. The second-order valence-electron chi connectivity index (χ2n) is 6.49. The van der Waals surface area contributed by atoms with Gasteiger partial charge in [0.2, 0.25) is 10.0 Å². The van der Waals surface area contributed by atoms with Gasteiger partial charge in [-0.3, -0.25) is 20.4 Å². The number of carbonyl (C=O) groups is 2. The first kappa shape index (κ1) is 23.2. The van der Waals surface area contributed by atoms with Crippen molar-refractivity contribution in [1.82, 2.24) is 15.2 Å². The molecule has 2 amide bonds. The third kappa shape index (κ3) is 6.05. The van der Waals surface area contributed by atoms with E-state index in [4.69, 9.17) is 27.9 Å². The van der Waals surface area contributed by atoms with Crippen LogP contribution in [-0.2, 0) is 19.6 Å². The highest BCUT2D eigenvalue weighted by Crippen LogP contribution is 2.22. The molecule has 164 valence electrons. The van der Waals surface area contributed by atoms with Crippen LogP contribution in [0.1, 0.15) is 15.9 Å². The predicted molar refractivity (Wildman–Crippen MR) is 117 cm³/mol. The van der Waals surface area contributed by atoms with E-state index in [9.17, 15) is 18.0 Å². The molecule has 1 aliphatic heterocycles. The van der Waals surface area contributed by atoms with Crippen molar-refractivity contribution in [2.45, 2.75) is 4.90 Å². The summed E-state index contributed by atoms with van der Waals surface area (Å²) in [7, 11) is -3.74. The fourth-order valence-corrected chi connectivity index (χ4v) is 4.69. The number of halogens is 2. The highest BCUT2D eigenvalue weighted by atomic mass is 35.5. The van der Waals surface area contributed by atoms with Crippen molar-refractivity contribution < 1.29 is 22.7 Å². The van der Waals surface area contributed by atoms with Crippen LogP contribution in [0, 0.1) is 0 Å². The number of hydrazine groups is 1. The number of nitrogens with zero attached hydrogens (tertiary/aromatic N) is 1.